The van der Waals surface area contributed by atoms with Crippen molar-refractivity contribution in [2.45, 2.75) is 45.0 Å². The van der Waals surface area contributed by atoms with Crippen molar-refractivity contribution in [2.24, 2.45) is 5.73 Å². The highest BCUT2D eigenvalue weighted by Gasteiger charge is 2.36. The summed E-state index contributed by atoms with van der Waals surface area (Å²) in [6.07, 6.45) is -9.52. The fourth-order valence-corrected chi connectivity index (χ4v) is 5.11. The molecule has 16 heteroatoms. The summed E-state index contributed by atoms with van der Waals surface area (Å²) in [5, 5.41) is 0. The number of alkyl halides is 6. The molecular formula is C27H30F7N5O4. The van der Waals surface area contributed by atoms with Crippen molar-refractivity contribution in [3.05, 3.63) is 85.3 Å². The van der Waals surface area contributed by atoms with E-state index >= 15 is 0 Å². The Bertz CT molecular complexity index is 1550. The van der Waals surface area contributed by atoms with Gasteiger partial charge in [0.05, 0.1) is 25.3 Å². The van der Waals surface area contributed by atoms with Gasteiger partial charge in [0.2, 0.25) is 5.76 Å². The van der Waals surface area contributed by atoms with Crippen LogP contribution in [0.5, 0.6) is 0 Å². The number of hydrogen-bond donors (Lipinski definition) is 1. The third-order valence-electron chi connectivity index (χ3n) is 7.20. The number of furan rings is 1. The Balaban J connectivity index is 1.69. The number of hydrogen-bond acceptors (Lipinski definition) is 7. The molecule has 1 fully saturated rings. The third-order valence-corrected chi connectivity index (χ3v) is 7.20. The van der Waals surface area contributed by atoms with Crippen LogP contribution in [0.3, 0.4) is 0 Å². The highest BCUT2D eigenvalue weighted by molar-refractivity contribution is 5.50. The van der Waals surface area contributed by atoms with Crippen LogP contribution in [0.4, 0.5) is 36.4 Å². The second-order valence-electron chi connectivity index (χ2n) is 10.2. The Morgan fingerprint density at radius 1 is 0.953 bits per heavy atom. The van der Waals surface area contributed by atoms with E-state index in [1.54, 1.807) is 4.90 Å². The summed E-state index contributed by atoms with van der Waals surface area (Å²) in [5.41, 5.74) is 2.33. The van der Waals surface area contributed by atoms with Crippen LogP contribution in [-0.2, 0) is 36.7 Å². The van der Waals surface area contributed by atoms with Gasteiger partial charge in [-0.25, -0.2) is 9.18 Å². The molecule has 0 bridgehead atoms. The molecule has 0 amide bonds. The van der Waals surface area contributed by atoms with Crippen LogP contribution in [0.1, 0.15) is 28.3 Å². The van der Waals surface area contributed by atoms with Crippen molar-refractivity contribution < 1.29 is 39.9 Å². The monoisotopic (exact) mass is 621 g/mol. The Hall–Kier alpha value is -3.63. The number of nitrogens with zero attached hydrogens (tertiary/aromatic N) is 4. The fourth-order valence-electron chi connectivity index (χ4n) is 5.11. The maximum Gasteiger partial charge on any atom is 0.449 e. The molecule has 0 spiro atoms. The van der Waals surface area contributed by atoms with Crippen LogP contribution in [0.2, 0.25) is 0 Å². The van der Waals surface area contributed by atoms with Crippen molar-refractivity contribution in [3.8, 4) is 0 Å². The van der Waals surface area contributed by atoms with Crippen molar-refractivity contribution in [3.63, 3.8) is 0 Å². The molecule has 1 atom stereocenters. The first-order chi connectivity index (χ1) is 20.1. The van der Waals surface area contributed by atoms with E-state index in [2.05, 4.69) is 0 Å². The van der Waals surface area contributed by atoms with E-state index in [0.717, 1.165) is 27.3 Å². The molecule has 1 unspecified atom stereocenters. The molecule has 1 aliphatic heterocycles. The number of methoxy groups -OCH3 is 1. The Kier molecular flexibility index (Phi) is 9.42. The number of benzene rings is 1. The number of nitrogens with two attached hydrogens (primary N) is 1. The summed E-state index contributed by atoms with van der Waals surface area (Å²) in [4.78, 5) is 30.6. The molecule has 43 heavy (non-hydrogen) atoms. The molecule has 0 radical (unpaired) electrons. The Morgan fingerprint density at radius 3 is 2.21 bits per heavy atom. The molecule has 4 rings (SSSR count). The molecule has 1 saturated heterocycles. The van der Waals surface area contributed by atoms with Crippen LogP contribution < -0.4 is 21.9 Å². The molecule has 3 aromatic rings. The summed E-state index contributed by atoms with van der Waals surface area (Å²) in [6, 6.07) is 3.74. The first-order valence-corrected chi connectivity index (χ1v) is 13.2. The number of rotatable bonds is 9. The van der Waals surface area contributed by atoms with Gasteiger partial charge in [-0.05, 0) is 31.2 Å². The predicted octanol–water partition coefficient (Wildman–Crippen LogP) is 3.43. The number of halogens is 7. The van der Waals surface area contributed by atoms with E-state index in [1.165, 1.54) is 20.1 Å². The molecule has 0 aliphatic carbocycles. The summed E-state index contributed by atoms with van der Waals surface area (Å²) in [7, 11) is 1.37. The first-order valence-electron chi connectivity index (χ1n) is 13.2. The van der Waals surface area contributed by atoms with E-state index in [1.807, 2.05) is 4.90 Å². The van der Waals surface area contributed by atoms with Gasteiger partial charge in [0, 0.05) is 57.1 Å². The van der Waals surface area contributed by atoms with Crippen LogP contribution in [0.15, 0.2) is 44.3 Å². The van der Waals surface area contributed by atoms with E-state index in [4.69, 9.17) is 14.9 Å². The first kappa shape index (κ1) is 32.3. The van der Waals surface area contributed by atoms with E-state index < -0.39 is 58.9 Å². The summed E-state index contributed by atoms with van der Waals surface area (Å²) < 4.78 is 106. The van der Waals surface area contributed by atoms with Gasteiger partial charge in [0.25, 0.3) is 5.56 Å². The number of aromatic nitrogens is 2. The zero-order valence-corrected chi connectivity index (χ0v) is 23.3. The minimum absolute atomic E-state index is 0.0196. The molecule has 236 valence electrons. The largest absolute Gasteiger partial charge is 0.455 e. The van der Waals surface area contributed by atoms with Crippen molar-refractivity contribution in [2.75, 3.05) is 44.8 Å². The highest BCUT2D eigenvalue weighted by atomic mass is 19.4. The van der Waals surface area contributed by atoms with Crippen LogP contribution >= 0.6 is 0 Å². The lowest BCUT2D eigenvalue weighted by molar-refractivity contribution is -0.153. The number of ether oxygens (including phenoxy) is 1. The highest BCUT2D eigenvalue weighted by Crippen LogP contribution is 2.34. The Labute approximate surface area is 240 Å². The topological polar surface area (TPSA) is 98.9 Å². The molecular weight excluding hydrogens is 591 g/mol. The zero-order valence-electron chi connectivity index (χ0n) is 23.3. The van der Waals surface area contributed by atoms with Crippen LogP contribution in [0, 0.1) is 12.7 Å². The zero-order chi connectivity index (χ0) is 31.7. The summed E-state index contributed by atoms with van der Waals surface area (Å²) in [6.45, 7) is 1.27. The smallest absolute Gasteiger partial charge is 0.449 e. The molecule has 0 saturated carbocycles. The van der Waals surface area contributed by atoms with Gasteiger partial charge in [-0.15, -0.1) is 0 Å². The normalized spacial score (nSPS) is 15.7. The average molecular weight is 622 g/mol. The van der Waals surface area contributed by atoms with E-state index in [9.17, 15) is 40.3 Å². The lowest BCUT2D eigenvalue weighted by atomic mass is 10.1. The van der Waals surface area contributed by atoms with Crippen LogP contribution in [-0.4, -0.2) is 60.0 Å². The lowest BCUT2D eigenvalue weighted by Gasteiger charge is -2.36. The maximum absolute atomic E-state index is 14.8. The molecule has 2 aromatic heterocycles. The second-order valence-corrected chi connectivity index (χ2v) is 10.2. The lowest BCUT2D eigenvalue weighted by Crippen LogP contribution is -2.52. The van der Waals surface area contributed by atoms with Crippen molar-refractivity contribution >= 4 is 5.69 Å². The van der Waals surface area contributed by atoms with Crippen molar-refractivity contribution in [1.29, 1.82) is 0 Å². The summed E-state index contributed by atoms with van der Waals surface area (Å²) in [5.74, 6) is -2.18. The van der Waals surface area contributed by atoms with E-state index in [0.29, 0.717) is 6.07 Å². The molecule has 2 N–H and O–H groups in total. The minimum Gasteiger partial charge on any atom is -0.455 e. The molecule has 9 nitrogen and oxygen atoms in total. The molecule has 1 aliphatic rings. The molecule has 1 aromatic carbocycles. The average Bonchev–Trinajstić information content (AvgIpc) is 3.40. The van der Waals surface area contributed by atoms with Gasteiger partial charge in [-0.3, -0.25) is 18.8 Å². The number of anilines is 1. The van der Waals surface area contributed by atoms with Gasteiger partial charge in [-0.1, -0.05) is 6.07 Å². The van der Waals surface area contributed by atoms with Crippen molar-refractivity contribution in [1.82, 2.24) is 14.0 Å². The van der Waals surface area contributed by atoms with Gasteiger partial charge in [-0.2, -0.15) is 26.3 Å². The molecule has 3 heterocycles. The predicted molar refractivity (Wildman–Crippen MR) is 141 cm³/mol. The Morgan fingerprint density at radius 2 is 1.63 bits per heavy atom. The number of piperazine rings is 1. The summed E-state index contributed by atoms with van der Waals surface area (Å²) >= 11 is 0. The van der Waals surface area contributed by atoms with E-state index in [-0.39, 0.29) is 63.0 Å². The maximum atomic E-state index is 14.8. The minimum atomic E-state index is -4.90. The third kappa shape index (κ3) is 7.13. The van der Waals surface area contributed by atoms with Gasteiger partial charge < -0.3 is 19.8 Å². The van der Waals surface area contributed by atoms with Gasteiger partial charge in [0.1, 0.15) is 17.3 Å². The fraction of sp³-hybridized carbons (Fsp3) is 0.481. The second kappa shape index (κ2) is 12.5. The SMILES string of the molecule is COCC(N)Cn1c(=O)c(N2CCN(Cc3ccc(C(F)(F)F)o3)CC2)c(C)n(Cc2c(F)cccc2C(F)(F)F)c1=O. The van der Waals surface area contributed by atoms with Crippen LogP contribution in [0.25, 0.3) is 0 Å². The van der Waals surface area contributed by atoms with Gasteiger partial charge >= 0.3 is 18.0 Å². The van der Waals surface area contributed by atoms with Gasteiger partial charge in [0.15, 0.2) is 0 Å². The quantitative estimate of drug-likeness (QED) is 0.366. The standard InChI is InChI=1S/C27H30F7N5O4/c1-16-23(37-10-8-36(9-11-37)13-18-6-7-22(43-18)27(32,33)34)24(40)39(12-17(35)15-42-2)25(41)38(16)14-19-20(26(29,30)31)4-3-5-21(19)28/h3-7,17H,8-15,35H2,1-2H3.